The van der Waals surface area contributed by atoms with Crippen LogP contribution in [0, 0.1) is 10.1 Å². The highest BCUT2D eigenvalue weighted by atomic mass is 16.6. The van der Waals surface area contributed by atoms with Crippen LogP contribution in [0.5, 0.6) is 0 Å². The third-order valence-electron chi connectivity index (χ3n) is 5.22. The van der Waals surface area contributed by atoms with Crippen LogP contribution >= 0.6 is 0 Å². The topological polar surface area (TPSA) is 63.4 Å². The first kappa shape index (κ1) is 16.3. The average molecular weight is 347 g/mol. The molecule has 1 N–H and O–H groups in total. The van der Waals surface area contributed by atoms with E-state index in [-0.39, 0.29) is 15.9 Å². The molecule has 130 valence electrons. The molecule has 0 aliphatic carbocycles. The molecule has 0 spiro atoms. The molecular formula is C21H19N2O3+. The number of nitro groups is 1. The van der Waals surface area contributed by atoms with Crippen LogP contribution in [-0.4, -0.2) is 24.1 Å². The minimum atomic E-state index is -0.591. The SMILES string of the molecule is C[N+]1(C)c2cccc3cccc(c23)C1/C(=C(\O)c1ccccc1)[N+](=O)[O-]. The molecule has 3 aromatic carbocycles. The van der Waals surface area contributed by atoms with Gasteiger partial charge in [-0.3, -0.25) is 14.6 Å². The number of rotatable bonds is 3. The molecule has 0 fully saturated rings. The molecule has 5 heteroatoms. The zero-order chi connectivity index (χ0) is 18.5. The maximum Gasteiger partial charge on any atom is 0.350 e. The van der Waals surface area contributed by atoms with Crippen molar-refractivity contribution in [3.8, 4) is 0 Å². The van der Waals surface area contributed by atoms with Crippen molar-refractivity contribution in [2.45, 2.75) is 6.04 Å². The Morgan fingerprint density at radius 1 is 1.00 bits per heavy atom. The molecule has 0 saturated heterocycles. The van der Waals surface area contributed by atoms with E-state index in [0.717, 1.165) is 22.0 Å². The van der Waals surface area contributed by atoms with Crippen LogP contribution < -0.4 is 4.48 Å². The van der Waals surface area contributed by atoms with Gasteiger partial charge in [0.25, 0.3) is 0 Å². The van der Waals surface area contributed by atoms with Crippen molar-refractivity contribution in [2.75, 3.05) is 14.1 Å². The Hall–Kier alpha value is -3.18. The van der Waals surface area contributed by atoms with E-state index >= 15 is 0 Å². The summed E-state index contributed by atoms with van der Waals surface area (Å²) in [4.78, 5) is 11.6. The summed E-state index contributed by atoms with van der Waals surface area (Å²) in [6, 6.07) is 19.9. The molecule has 4 rings (SSSR count). The van der Waals surface area contributed by atoms with E-state index < -0.39 is 11.0 Å². The van der Waals surface area contributed by atoms with Gasteiger partial charge >= 0.3 is 5.70 Å². The standard InChI is InChI=1S/C21H18N2O3/c1-23(2)17-13-7-11-14-10-6-12-16(18(14)17)20(23)19(22(25)26)21(24)15-8-4-3-5-9-15/h3-13,20H,1-2H3/p+1/b21-19+. The van der Waals surface area contributed by atoms with E-state index in [0.29, 0.717) is 5.56 Å². The number of nitrogens with zero attached hydrogens (tertiary/aromatic N) is 2. The summed E-state index contributed by atoms with van der Waals surface area (Å²) in [5, 5.41) is 24.9. The summed E-state index contributed by atoms with van der Waals surface area (Å²) >= 11 is 0. The second-order valence-corrected chi connectivity index (χ2v) is 7.02. The Morgan fingerprint density at radius 3 is 2.31 bits per heavy atom. The van der Waals surface area contributed by atoms with Gasteiger partial charge in [0.05, 0.1) is 24.4 Å². The smallest absolute Gasteiger partial charge is 0.350 e. The van der Waals surface area contributed by atoms with Gasteiger partial charge in [-0.25, -0.2) is 0 Å². The quantitative estimate of drug-likeness (QED) is 0.324. The second kappa shape index (κ2) is 5.68. The monoisotopic (exact) mass is 347 g/mol. The molecule has 26 heavy (non-hydrogen) atoms. The molecule has 1 heterocycles. The lowest BCUT2D eigenvalue weighted by molar-refractivity contribution is -0.433. The molecule has 0 saturated carbocycles. The normalized spacial score (nSPS) is 18.6. The molecule has 3 aromatic rings. The van der Waals surface area contributed by atoms with Crippen molar-refractivity contribution in [3.05, 3.63) is 93.7 Å². The molecular weight excluding hydrogens is 328 g/mol. The van der Waals surface area contributed by atoms with Crippen LogP contribution in [0.4, 0.5) is 5.69 Å². The largest absolute Gasteiger partial charge is 0.502 e. The Morgan fingerprint density at radius 2 is 1.65 bits per heavy atom. The van der Waals surface area contributed by atoms with Gasteiger partial charge in [0.1, 0.15) is 5.69 Å². The first-order valence-electron chi connectivity index (χ1n) is 8.41. The highest BCUT2D eigenvalue weighted by Crippen LogP contribution is 2.51. The lowest BCUT2D eigenvalue weighted by atomic mass is 9.98. The second-order valence-electron chi connectivity index (χ2n) is 7.02. The van der Waals surface area contributed by atoms with Crippen molar-refractivity contribution >= 4 is 22.2 Å². The molecule has 1 aliphatic rings. The Labute approximate surface area is 151 Å². The van der Waals surface area contributed by atoms with Crippen LogP contribution in [0.2, 0.25) is 0 Å². The summed E-state index contributed by atoms with van der Waals surface area (Å²) in [6.45, 7) is 0. The number of hydrogen-bond acceptors (Lipinski definition) is 3. The van der Waals surface area contributed by atoms with E-state index in [2.05, 4.69) is 0 Å². The van der Waals surface area contributed by atoms with Crippen molar-refractivity contribution in [1.82, 2.24) is 4.48 Å². The van der Waals surface area contributed by atoms with Crippen molar-refractivity contribution in [2.24, 2.45) is 0 Å². The fourth-order valence-electron chi connectivity index (χ4n) is 4.06. The van der Waals surface area contributed by atoms with Gasteiger partial charge in [-0.1, -0.05) is 60.7 Å². The van der Waals surface area contributed by atoms with Crippen molar-refractivity contribution in [1.29, 1.82) is 0 Å². The Kier molecular flexibility index (Phi) is 3.56. The van der Waals surface area contributed by atoms with E-state index in [4.69, 9.17) is 0 Å². The van der Waals surface area contributed by atoms with Crippen LogP contribution in [0.1, 0.15) is 17.2 Å². The Bertz CT molecular complexity index is 1050. The lowest BCUT2D eigenvalue weighted by Gasteiger charge is -2.31. The van der Waals surface area contributed by atoms with Gasteiger partial charge in [0.15, 0.2) is 0 Å². The highest BCUT2D eigenvalue weighted by molar-refractivity contribution is 5.99. The van der Waals surface area contributed by atoms with Crippen LogP contribution in [0.3, 0.4) is 0 Å². The van der Waals surface area contributed by atoms with E-state index in [1.54, 1.807) is 24.3 Å². The number of benzene rings is 3. The van der Waals surface area contributed by atoms with Crippen LogP contribution in [0.15, 0.2) is 72.4 Å². The molecule has 0 aromatic heterocycles. The zero-order valence-electron chi connectivity index (χ0n) is 14.6. The van der Waals surface area contributed by atoms with Gasteiger partial charge < -0.3 is 5.11 Å². The van der Waals surface area contributed by atoms with E-state index in [1.807, 2.05) is 56.6 Å². The molecule has 1 aliphatic heterocycles. The maximum atomic E-state index is 12.0. The van der Waals surface area contributed by atoms with Gasteiger partial charge in [-0.2, -0.15) is 0 Å². The average Bonchev–Trinajstić information content (AvgIpc) is 2.86. The zero-order valence-corrected chi connectivity index (χ0v) is 14.6. The van der Waals surface area contributed by atoms with Gasteiger partial charge in [-0.05, 0) is 11.5 Å². The maximum absolute atomic E-state index is 12.0. The number of hydrogen-bond donors (Lipinski definition) is 1. The number of aliphatic hydroxyl groups excluding tert-OH is 1. The molecule has 0 radical (unpaired) electrons. The lowest BCUT2D eigenvalue weighted by Crippen LogP contribution is -2.43. The predicted molar refractivity (Wildman–Crippen MR) is 103 cm³/mol. The summed E-state index contributed by atoms with van der Waals surface area (Å²) in [5.74, 6) is -0.281. The first-order chi connectivity index (χ1) is 12.4. The molecule has 1 unspecified atom stereocenters. The molecule has 0 bridgehead atoms. The fraction of sp³-hybridized carbons (Fsp3) is 0.143. The van der Waals surface area contributed by atoms with Crippen molar-refractivity contribution in [3.63, 3.8) is 0 Å². The summed E-state index contributed by atoms with van der Waals surface area (Å²) in [5.41, 5.74) is 2.16. The minimum Gasteiger partial charge on any atom is -0.502 e. The molecule has 1 atom stereocenters. The molecule has 5 nitrogen and oxygen atoms in total. The highest BCUT2D eigenvalue weighted by Gasteiger charge is 2.50. The number of likely N-dealkylation sites (N-methyl/N-ethyl adjacent to an activating group) is 1. The predicted octanol–water partition coefficient (Wildman–Crippen LogP) is 4.66. The van der Waals surface area contributed by atoms with E-state index in [9.17, 15) is 15.2 Å². The fourth-order valence-corrected chi connectivity index (χ4v) is 4.06. The van der Waals surface area contributed by atoms with Crippen molar-refractivity contribution < 1.29 is 10.0 Å². The van der Waals surface area contributed by atoms with Crippen LogP contribution in [-0.2, 0) is 0 Å². The van der Waals surface area contributed by atoms with Gasteiger partial charge in [0.2, 0.25) is 11.8 Å². The Balaban J connectivity index is 2.03. The minimum absolute atomic E-state index is 0.176. The third-order valence-corrected chi connectivity index (χ3v) is 5.22. The van der Waals surface area contributed by atoms with Crippen LogP contribution in [0.25, 0.3) is 16.5 Å². The van der Waals surface area contributed by atoms with Gasteiger partial charge in [-0.15, -0.1) is 0 Å². The van der Waals surface area contributed by atoms with E-state index in [1.165, 1.54) is 0 Å². The number of aliphatic hydroxyl groups is 1. The molecule has 0 amide bonds. The number of quaternary nitrogens is 1. The summed E-state index contributed by atoms with van der Waals surface area (Å²) < 4.78 is 0.282. The third kappa shape index (κ3) is 2.21. The first-order valence-corrected chi connectivity index (χ1v) is 8.41. The van der Waals surface area contributed by atoms with Gasteiger partial charge in [0, 0.05) is 11.1 Å². The summed E-state index contributed by atoms with van der Waals surface area (Å²) in [6.07, 6.45) is 0. The summed E-state index contributed by atoms with van der Waals surface area (Å²) in [7, 11) is 3.89.